The van der Waals surface area contributed by atoms with Crippen molar-refractivity contribution in [2.75, 3.05) is 0 Å². The summed E-state index contributed by atoms with van der Waals surface area (Å²) in [6.07, 6.45) is 1.56. The number of nitrogens with zero attached hydrogens (tertiary/aromatic N) is 2. The van der Waals surface area contributed by atoms with Gasteiger partial charge in [-0.1, -0.05) is 11.2 Å². The van der Waals surface area contributed by atoms with Crippen molar-refractivity contribution in [1.29, 1.82) is 0 Å². The van der Waals surface area contributed by atoms with Crippen LogP contribution in [0.5, 0.6) is 0 Å². The van der Waals surface area contributed by atoms with Gasteiger partial charge in [-0.25, -0.2) is 9.59 Å². The molecule has 1 rings (SSSR count). The molecule has 8 nitrogen and oxygen atoms in total. The predicted molar refractivity (Wildman–Crippen MR) is 60.6 cm³/mol. The second kappa shape index (κ2) is 6.38. The number of rotatable bonds is 6. The van der Waals surface area contributed by atoms with Gasteiger partial charge in [0, 0.05) is 6.92 Å². The van der Waals surface area contributed by atoms with Crippen molar-refractivity contribution in [3.8, 4) is 0 Å². The number of hydrogen-bond acceptors (Lipinski definition) is 5. The molecular formula is C10H14N4O4. The molecule has 1 atom stereocenters. The van der Waals surface area contributed by atoms with E-state index >= 15 is 0 Å². The molecule has 3 N–H and O–H groups in total. The number of urea groups is 1. The zero-order valence-electron chi connectivity index (χ0n) is 9.84. The van der Waals surface area contributed by atoms with E-state index < -0.39 is 18.0 Å². The topological polar surface area (TPSA) is 117 Å². The van der Waals surface area contributed by atoms with Crippen molar-refractivity contribution >= 4 is 12.0 Å². The Labute approximate surface area is 103 Å². The van der Waals surface area contributed by atoms with Crippen LogP contribution in [0.15, 0.2) is 17.2 Å². The lowest BCUT2D eigenvalue weighted by Crippen LogP contribution is -2.45. The van der Waals surface area contributed by atoms with Gasteiger partial charge in [0.25, 0.3) is 0 Å². The number of carbonyl (C=O) groups excluding carboxylic acids is 1. The molecule has 0 radical (unpaired) electrons. The third-order valence-corrected chi connectivity index (χ3v) is 1.98. The predicted octanol–water partition coefficient (Wildman–Crippen LogP) is 0.207. The molecule has 0 saturated heterocycles. The second-order valence-corrected chi connectivity index (χ2v) is 3.47. The smallest absolute Gasteiger partial charge is 0.326 e. The maximum absolute atomic E-state index is 11.4. The first kappa shape index (κ1) is 13.7. The van der Waals surface area contributed by atoms with Crippen molar-refractivity contribution in [1.82, 2.24) is 20.8 Å². The number of nitrogens with one attached hydrogen (secondary N) is 2. The van der Waals surface area contributed by atoms with Gasteiger partial charge in [0.15, 0.2) is 5.82 Å². The molecule has 0 spiro atoms. The third-order valence-electron chi connectivity index (χ3n) is 1.98. The first-order valence-electron chi connectivity index (χ1n) is 5.20. The number of carboxylic acids is 1. The standard InChI is InChI=1S/C10H14N4O4/c1-3-4-7(9(15)16)13-10(17)11-5-8-12-6(2)18-14-8/h3,7H,1,4-5H2,2H3,(H,15,16)(H2,11,13,17). The second-order valence-electron chi connectivity index (χ2n) is 3.47. The summed E-state index contributed by atoms with van der Waals surface area (Å²) in [6, 6.07) is -1.62. The highest BCUT2D eigenvalue weighted by Gasteiger charge is 2.18. The Bertz CT molecular complexity index is 443. The maximum Gasteiger partial charge on any atom is 0.326 e. The molecular weight excluding hydrogens is 240 g/mol. The third kappa shape index (κ3) is 4.24. The molecule has 0 saturated carbocycles. The van der Waals surface area contributed by atoms with Crippen LogP contribution in [0.2, 0.25) is 0 Å². The summed E-state index contributed by atoms with van der Waals surface area (Å²) < 4.78 is 4.71. The molecule has 8 heteroatoms. The number of carboxylic acid groups (broad SMARTS) is 1. The molecule has 1 aromatic heterocycles. The van der Waals surface area contributed by atoms with Crippen molar-refractivity contribution in [3.05, 3.63) is 24.4 Å². The summed E-state index contributed by atoms with van der Waals surface area (Å²) in [7, 11) is 0. The number of aryl methyl sites for hydroxylation is 1. The zero-order chi connectivity index (χ0) is 13.5. The Morgan fingerprint density at radius 3 is 2.83 bits per heavy atom. The van der Waals surface area contributed by atoms with Gasteiger partial charge in [-0.15, -0.1) is 6.58 Å². The van der Waals surface area contributed by atoms with Crippen LogP contribution in [0.3, 0.4) is 0 Å². The van der Waals surface area contributed by atoms with E-state index in [9.17, 15) is 9.59 Å². The van der Waals surface area contributed by atoms with Crippen LogP contribution >= 0.6 is 0 Å². The lowest BCUT2D eigenvalue weighted by atomic mass is 10.2. The molecule has 98 valence electrons. The van der Waals surface area contributed by atoms with Crippen molar-refractivity contribution < 1.29 is 19.2 Å². The Kier molecular flexibility index (Phi) is 4.85. The Morgan fingerprint density at radius 1 is 1.61 bits per heavy atom. The van der Waals surface area contributed by atoms with Crippen LogP contribution < -0.4 is 10.6 Å². The molecule has 0 aliphatic carbocycles. The van der Waals surface area contributed by atoms with Crippen molar-refractivity contribution in [2.45, 2.75) is 25.9 Å². The number of hydrogen-bond donors (Lipinski definition) is 3. The molecule has 0 aromatic carbocycles. The number of carbonyl (C=O) groups is 2. The van der Waals surface area contributed by atoms with E-state index in [4.69, 9.17) is 9.63 Å². The Morgan fingerprint density at radius 2 is 2.33 bits per heavy atom. The molecule has 1 aromatic rings. The SMILES string of the molecule is C=CCC(NC(=O)NCc1noc(C)n1)C(=O)O. The van der Waals surface area contributed by atoms with Crippen LogP contribution in [-0.2, 0) is 11.3 Å². The van der Waals surface area contributed by atoms with Gasteiger partial charge in [-0.3, -0.25) is 0 Å². The fourth-order valence-electron chi connectivity index (χ4n) is 1.17. The highest BCUT2D eigenvalue weighted by molar-refractivity contribution is 5.82. The number of amides is 2. The lowest BCUT2D eigenvalue weighted by Gasteiger charge is -2.12. The summed E-state index contributed by atoms with van der Waals surface area (Å²) in [6.45, 7) is 5.10. The molecule has 0 aliphatic rings. The first-order valence-corrected chi connectivity index (χ1v) is 5.20. The number of aromatic nitrogens is 2. The van der Waals surface area contributed by atoms with E-state index in [1.165, 1.54) is 6.08 Å². The van der Waals surface area contributed by atoms with E-state index in [0.717, 1.165) is 0 Å². The average Bonchev–Trinajstić information content (AvgIpc) is 2.72. The monoisotopic (exact) mass is 254 g/mol. The van der Waals surface area contributed by atoms with Gasteiger partial charge in [0.05, 0.1) is 6.54 Å². The van der Waals surface area contributed by atoms with Gasteiger partial charge in [0.2, 0.25) is 5.89 Å². The minimum Gasteiger partial charge on any atom is -0.480 e. The molecule has 0 aliphatic heterocycles. The molecule has 0 bridgehead atoms. The van der Waals surface area contributed by atoms with Crippen molar-refractivity contribution in [2.24, 2.45) is 0 Å². The minimum atomic E-state index is -1.12. The summed E-state index contributed by atoms with van der Waals surface area (Å²) in [5.41, 5.74) is 0. The van der Waals surface area contributed by atoms with E-state index in [-0.39, 0.29) is 13.0 Å². The van der Waals surface area contributed by atoms with E-state index in [2.05, 4.69) is 27.4 Å². The normalized spacial score (nSPS) is 11.6. The van der Waals surface area contributed by atoms with Gasteiger partial charge < -0.3 is 20.3 Å². The summed E-state index contributed by atoms with van der Waals surface area (Å²) in [5.74, 6) is -0.416. The highest BCUT2D eigenvalue weighted by atomic mass is 16.5. The Balaban J connectivity index is 2.40. The van der Waals surface area contributed by atoms with E-state index in [1.807, 2.05) is 0 Å². The fourth-order valence-corrected chi connectivity index (χ4v) is 1.17. The highest BCUT2D eigenvalue weighted by Crippen LogP contribution is 1.95. The van der Waals surface area contributed by atoms with Gasteiger partial charge >= 0.3 is 12.0 Å². The van der Waals surface area contributed by atoms with Crippen LogP contribution in [0.25, 0.3) is 0 Å². The van der Waals surface area contributed by atoms with Crippen molar-refractivity contribution in [3.63, 3.8) is 0 Å². The summed E-state index contributed by atoms with van der Waals surface area (Å²) in [5, 5.41) is 17.1. The quantitative estimate of drug-likeness (QED) is 0.624. The molecule has 1 unspecified atom stereocenters. The molecule has 2 amide bonds. The lowest BCUT2D eigenvalue weighted by molar-refractivity contribution is -0.139. The first-order chi connectivity index (χ1) is 8.52. The molecule has 0 fully saturated rings. The van der Waals surface area contributed by atoms with Crippen LogP contribution in [0.4, 0.5) is 4.79 Å². The minimum absolute atomic E-state index is 0.0591. The van der Waals surface area contributed by atoms with E-state index in [1.54, 1.807) is 6.92 Å². The summed E-state index contributed by atoms with van der Waals surface area (Å²) >= 11 is 0. The Hall–Kier alpha value is -2.38. The average molecular weight is 254 g/mol. The van der Waals surface area contributed by atoms with Gasteiger partial charge in [0.1, 0.15) is 6.04 Å². The van der Waals surface area contributed by atoms with Gasteiger partial charge in [-0.2, -0.15) is 4.98 Å². The molecule has 18 heavy (non-hydrogen) atoms. The molecule has 1 heterocycles. The maximum atomic E-state index is 11.4. The van der Waals surface area contributed by atoms with Crippen LogP contribution in [-0.4, -0.2) is 33.3 Å². The zero-order valence-corrected chi connectivity index (χ0v) is 9.84. The van der Waals surface area contributed by atoms with Crippen LogP contribution in [0.1, 0.15) is 18.1 Å². The largest absolute Gasteiger partial charge is 0.480 e. The fraction of sp³-hybridized carbons (Fsp3) is 0.400. The number of aliphatic carboxylic acids is 1. The summed E-state index contributed by atoms with van der Waals surface area (Å²) in [4.78, 5) is 26.1. The van der Waals surface area contributed by atoms with Gasteiger partial charge in [-0.05, 0) is 6.42 Å². The van der Waals surface area contributed by atoms with Crippen LogP contribution in [0, 0.1) is 6.92 Å². The van der Waals surface area contributed by atoms with E-state index in [0.29, 0.717) is 11.7 Å².